The first kappa shape index (κ1) is 17.5. The minimum atomic E-state index is -0.0466. The van der Waals surface area contributed by atoms with Gasteiger partial charge in [0.2, 0.25) is 0 Å². The highest BCUT2D eigenvalue weighted by Crippen LogP contribution is 2.32. The van der Waals surface area contributed by atoms with E-state index in [2.05, 4.69) is 16.2 Å². The zero-order valence-electron chi connectivity index (χ0n) is 14.6. The zero-order chi connectivity index (χ0) is 18.7. The molecule has 1 aromatic carbocycles. The first-order chi connectivity index (χ1) is 12.5. The summed E-state index contributed by atoms with van der Waals surface area (Å²) in [4.78, 5) is 4.38. The number of nitrogens with zero attached hydrogens (tertiary/aromatic N) is 4. The number of pyridine rings is 1. The summed E-state index contributed by atoms with van der Waals surface area (Å²) < 4.78 is 7.09. The molecule has 3 N–H and O–H groups in total. The van der Waals surface area contributed by atoms with Crippen LogP contribution >= 0.6 is 0 Å². The predicted octanol–water partition coefficient (Wildman–Crippen LogP) is 2.28. The summed E-state index contributed by atoms with van der Waals surface area (Å²) in [6.07, 6.45) is 1.87. The monoisotopic (exact) mass is 349 g/mol. The Morgan fingerprint density at radius 1 is 1.27 bits per heavy atom. The summed E-state index contributed by atoms with van der Waals surface area (Å²) in [6, 6.07) is 11.3. The molecule has 0 aliphatic rings. The van der Waals surface area contributed by atoms with Gasteiger partial charge in [-0.05, 0) is 30.7 Å². The Balaban J connectivity index is 2.08. The summed E-state index contributed by atoms with van der Waals surface area (Å²) in [6.45, 7) is 2.09. The van der Waals surface area contributed by atoms with Crippen molar-refractivity contribution in [3.8, 4) is 34.2 Å². The molecule has 0 saturated heterocycles. The van der Waals surface area contributed by atoms with Gasteiger partial charge in [-0.25, -0.2) is 4.98 Å². The standard InChI is InChI=1S/C19H19N5O2/c1-12-17(11-24(2)23-12)18-9-15(16(10-20)19(21)22-18)13-3-5-14(6-4-13)26-8-7-25/h3-6,9,11,25H,7-8H2,1-2H3,(H2,21,22). The van der Waals surface area contributed by atoms with Gasteiger partial charge in [-0.3, -0.25) is 4.68 Å². The van der Waals surface area contributed by atoms with Crippen molar-refractivity contribution in [2.24, 2.45) is 7.05 Å². The van der Waals surface area contributed by atoms with E-state index in [1.165, 1.54) is 0 Å². The third-order valence-corrected chi connectivity index (χ3v) is 3.97. The molecule has 0 unspecified atom stereocenters. The Kier molecular flexibility index (Phi) is 4.87. The van der Waals surface area contributed by atoms with Crippen LogP contribution < -0.4 is 10.5 Å². The van der Waals surface area contributed by atoms with E-state index in [4.69, 9.17) is 15.6 Å². The van der Waals surface area contributed by atoms with E-state index < -0.39 is 0 Å². The second-order valence-corrected chi connectivity index (χ2v) is 5.83. The number of aliphatic hydroxyl groups excluding tert-OH is 1. The van der Waals surface area contributed by atoms with E-state index in [0.29, 0.717) is 22.6 Å². The molecule has 0 spiro atoms. The maximum atomic E-state index is 9.51. The molecule has 0 atom stereocenters. The molecule has 0 aliphatic carbocycles. The summed E-state index contributed by atoms with van der Waals surface area (Å²) in [5, 5.41) is 22.7. The number of rotatable bonds is 5. The average molecular weight is 349 g/mol. The van der Waals surface area contributed by atoms with Crippen molar-refractivity contribution in [2.75, 3.05) is 18.9 Å². The average Bonchev–Trinajstić information content (AvgIpc) is 2.98. The summed E-state index contributed by atoms with van der Waals surface area (Å²) >= 11 is 0. The summed E-state index contributed by atoms with van der Waals surface area (Å²) in [5.41, 5.74) is 10.3. The topological polar surface area (TPSA) is 110 Å². The number of nitrogens with two attached hydrogens (primary N) is 1. The van der Waals surface area contributed by atoms with Crippen LogP contribution in [0.2, 0.25) is 0 Å². The lowest BCUT2D eigenvalue weighted by molar-refractivity contribution is 0.201. The number of benzene rings is 1. The van der Waals surface area contributed by atoms with Crippen molar-refractivity contribution in [3.63, 3.8) is 0 Å². The molecule has 0 amide bonds. The van der Waals surface area contributed by atoms with E-state index in [1.54, 1.807) is 16.8 Å². The fraction of sp³-hybridized carbons (Fsp3) is 0.211. The van der Waals surface area contributed by atoms with Crippen LogP contribution in [0.5, 0.6) is 5.75 Å². The number of ether oxygens (including phenoxy) is 1. The third kappa shape index (κ3) is 3.36. The number of aryl methyl sites for hydroxylation is 2. The van der Waals surface area contributed by atoms with Gasteiger partial charge in [-0.2, -0.15) is 10.4 Å². The van der Waals surface area contributed by atoms with Crippen molar-refractivity contribution in [2.45, 2.75) is 6.92 Å². The second-order valence-electron chi connectivity index (χ2n) is 5.83. The molecule has 3 rings (SSSR count). The lowest BCUT2D eigenvalue weighted by Crippen LogP contribution is -2.02. The van der Waals surface area contributed by atoms with Gasteiger partial charge in [0.25, 0.3) is 0 Å². The molecule has 3 aromatic rings. The van der Waals surface area contributed by atoms with Crippen LogP contribution in [-0.4, -0.2) is 33.1 Å². The van der Waals surface area contributed by atoms with Gasteiger partial charge in [0, 0.05) is 24.4 Å². The van der Waals surface area contributed by atoms with Crippen LogP contribution in [0.15, 0.2) is 36.5 Å². The highest BCUT2D eigenvalue weighted by atomic mass is 16.5. The van der Waals surface area contributed by atoms with Crippen LogP contribution in [0.3, 0.4) is 0 Å². The Morgan fingerprint density at radius 2 is 2.00 bits per heavy atom. The quantitative estimate of drug-likeness (QED) is 0.731. The molecule has 0 bridgehead atoms. The third-order valence-electron chi connectivity index (χ3n) is 3.97. The molecule has 2 aromatic heterocycles. The van der Waals surface area contributed by atoms with Crippen LogP contribution in [0.1, 0.15) is 11.3 Å². The number of hydrogen-bond donors (Lipinski definition) is 2. The number of hydrogen-bond acceptors (Lipinski definition) is 6. The molecular formula is C19H19N5O2. The fourth-order valence-corrected chi connectivity index (χ4v) is 2.79. The second kappa shape index (κ2) is 7.25. The zero-order valence-corrected chi connectivity index (χ0v) is 14.6. The predicted molar refractivity (Wildman–Crippen MR) is 98.3 cm³/mol. The van der Waals surface area contributed by atoms with Gasteiger partial charge >= 0.3 is 0 Å². The number of anilines is 1. The lowest BCUT2D eigenvalue weighted by atomic mass is 9.98. The van der Waals surface area contributed by atoms with Crippen molar-refractivity contribution in [1.29, 1.82) is 5.26 Å². The molecule has 132 valence electrons. The molecule has 26 heavy (non-hydrogen) atoms. The summed E-state index contributed by atoms with van der Waals surface area (Å²) in [7, 11) is 1.84. The number of nitrogen functional groups attached to an aromatic ring is 1. The van der Waals surface area contributed by atoms with Gasteiger partial charge < -0.3 is 15.6 Å². The lowest BCUT2D eigenvalue weighted by Gasteiger charge is -2.11. The molecule has 7 heteroatoms. The van der Waals surface area contributed by atoms with E-state index in [0.717, 1.165) is 16.8 Å². The van der Waals surface area contributed by atoms with E-state index in [1.807, 2.05) is 38.4 Å². The number of aliphatic hydroxyl groups is 1. The van der Waals surface area contributed by atoms with Crippen LogP contribution in [0.4, 0.5) is 5.82 Å². The van der Waals surface area contributed by atoms with Gasteiger partial charge in [-0.1, -0.05) is 12.1 Å². The molecule has 2 heterocycles. The van der Waals surface area contributed by atoms with Crippen LogP contribution in [0, 0.1) is 18.3 Å². The Bertz CT molecular complexity index is 971. The maximum absolute atomic E-state index is 9.51. The first-order valence-corrected chi connectivity index (χ1v) is 8.08. The van der Waals surface area contributed by atoms with Gasteiger partial charge in [0.15, 0.2) is 0 Å². The van der Waals surface area contributed by atoms with Crippen LogP contribution in [-0.2, 0) is 7.05 Å². The van der Waals surface area contributed by atoms with E-state index in [-0.39, 0.29) is 19.0 Å². The number of aromatic nitrogens is 3. The molecule has 0 saturated carbocycles. The van der Waals surface area contributed by atoms with Gasteiger partial charge in [0.1, 0.15) is 29.8 Å². The minimum absolute atomic E-state index is 0.0466. The Labute approximate surface area is 151 Å². The molecule has 7 nitrogen and oxygen atoms in total. The van der Waals surface area contributed by atoms with Crippen molar-refractivity contribution in [3.05, 3.63) is 47.8 Å². The van der Waals surface area contributed by atoms with E-state index >= 15 is 0 Å². The SMILES string of the molecule is Cc1nn(C)cc1-c1cc(-c2ccc(OCCO)cc2)c(C#N)c(N)n1. The Morgan fingerprint density at radius 3 is 2.58 bits per heavy atom. The molecular weight excluding hydrogens is 330 g/mol. The fourth-order valence-electron chi connectivity index (χ4n) is 2.79. The van der Waals surface area contributed by atoms with Gasteiger partial charge in [0.05, 0.1) is 18.0 Å². The molecule has 0 aliphatic heterocycles. The van der Waals surface area contributed by atoms with E-state index in [9.17, 15) is 5.26 Å². The smallest absolute Gasteiger partial charge is 0.142 e. The Hall–Kier alpha value is -3.37. The largest absolute Gasteiger partial charge is 0.491 e. The summed E-state index contributed by atoms with van der Waals surface area (Å²) in [5.74, 6) is 0.829. The van der Waals surface area contributed by atoms with Crippen molar-refractivity contribution in [1.82, 2.24) is 14.8 Å². The highest BCUT2D eigenvalue weighted by molar-refractivity contribution is 5.80. The maximum Gasteiger partial charge on any atom is 0.142 e. The van der Waals surface area contributed by atoms with Crippen molar-refractivity contribution >= 4 is 5.82 Å². The van der Waals surface area contributed by atoms with Crippen LogP contribution in [0.25, 0.3) is 22.4 Å². The minimum Gasteiger partial charge on any atom is -0.491 e. The highest BCUT2D eigenvalue weighted by Gasteiger charge is 2.16. The van der Waals surface area contributed by atoms with Gasteiger partial charge in [-0.15, -0.1) is 0 Å². The normalized spacial score (nSPS) is 10.5. The number of nitriles is 1. The van der Waals surface area contributed by atoms with Crippen molar-refractivity contribution < 1.29 is 9.84 Å². The molecule has 0 radical (unpaired) electrons. The molecule has 0 fully saturated rings. The first-order valence-electron chi connectivity index (χ1n) is 8.08.